The molecule has 3 heteroatoms. The number of rotatable bonds is 2. The Labute approximate surface area is 118 Å². The first-order valence-corrected chi connectivity index (χ1v) is 6.92. The Bertz CT molecular complexity index is 636. The second kappa shape index (κ2) is 5.37. The summed E-state index contributed by atoms with van der Waals surface area (Å²) in [7, 11) is 0. The molecule has 0 aromatic heterocycles. The molecule has 1 aliphatic rings. The maximum Gasteiger partial charge on any atom is 0.255 e. The van der Waals surface area contributed by atoms with Crippen molar-refractivity contribution in [3.8, 4) is 5.75 Å². The van der Waals surface area contributed by atoms with Gasteiger partial charge in [-0.2, -0.15) is 0 Å². The van der Waals surface area contributed by atoms with Crippen LogP contribution in [0.15, 0.2) is 48.5 Å². The quantitative estimate of drug-likeness (QED) is 0.877. The number of hydrogen-bond donors (Lipinski definition) is 2. The average Bonchev–Trinajstić information content (AvgIpc) is 2.48. The van der Waals surface area contributed by atoms with E-state index in [0.717, 1.165) is 19.3 Å². The van der Waals surface area contributed by atoms with Crippen LogP contribution < -0.4 is 5.32 Å². The molecule has 3 nitrogen and oxygen atoms in total. The van der Waals surface area contributed by atoms with Gasteiger partial charge >= 0.3 is 0 Å². The Hall–Kier alpha value is -2.29. The highest BCUT2D eigenvalue weighted by molar-refractivity contribution is 5.97. The minimum atomic E-state index is -0.218. The molecule has 0 saturated heterocycles. The van der Waals surface area contributed by atoms with Crippen LogP contribution in [0.4, 0.5) is 0 Å². The van der Waals surface area contributed by atoms with Crippen molar-refractivity contribution in [2.24, 2.45) is 0 Å². The average molecular weight is 267 g/mol. The third kappa shape index (κ3) is 2.39. The standard InChI is InChI=1S/C17H17NO2/c19-16-11-4-3-9-14(16)17(20)18-15-10-5-7-12-6-1-2-8-13(12)15/h1-4,6,8-9,11,15,19H,5,7,10H2,(H,18,20)/t15-/m1/s1. The summed E-state index contributed by atoms with van der Waals surface area (Å²) in [5, 5.41) is 12.8. The smallest absolute Gasteiger partial charge is 0.255 e. The molecule has 2 aromatic carbocycles. The summed E-state index contributed by atoms with van der Waals surface area (Å²) in [6.45, 7) is 0. The third-order valence-corrected chi connectivity index (χ3v) is 3.82. The number of amides is 1. The molecule has 0 spiro atoms. The highest BCUT2D eigenvalue weighted by atomic mass is 16.3. The fourth-order valence-corrected chi connectivity index (χ4v) is 2.81. The van der Waals surface area contributed by atoms with Crippen LogP contribution in [0.1, 0.15) is 40.4 Å². The van der Waals surface area contributed by atoms with Crippen LogP contribution in [-0.4, -0.2) is 11.0 Å². The van der Waals surface area contributed by atoms with Crippen molar-refractivity contribution in [3.63, 3.8) is 0 Å². The molecule has 2 aromatic rings. The number of carbonyl (C=O) groups excluding carboxylic acids is 1. The van der Waals surface area contributed by atoms with Gasteiger partial charge in [-0.3, -0.25) is 4.79 Å². The van der Waals surface area contributed by atoms with Crippen molar-refractivity contribution in [3.05, 3.63) is 65.2 Å². The molecule has 0 saturated carbocycles. The first-order valence-electron chi connectivity index (χ1n) is 6.92. The normalized spacial score (nSPS) is 17.3. The maximum absolute atomic E-state index is 12.3. The summed E-state index contributed by atoms with van der Waals surface area (Å²) in [5.74, 6) is -0.195. The van der Waals surface area contributed by atoms with E-state index in [1.807, 2.05) is 12.1 Å². The van der Waals surface area contributed by atoms with Gasteiger partial charge in [0.15, 0.2) is 0 Å². The Morgan fingerprint density at radius 1 is 1.10 bits per heavy atom. The van der Waals surface area contributed by atoms with Gasteiger partial charge in [0.25, 0.3) is 5.91 Å². The predicted octanol–water partition coefficient (Wildman–Crippen LogP) is 3.20. The first kappa shape index (κ1) is 12.7. The number of phenols is 1. The van der Waals surface area contributed by atoms with E-state index < -0.39 is 0 Å². The van der Waals surface area contributed by atoms with Gasteiger partial charge in [0.2, 0.25) is 0 Å². The van der Waals surface area contributed by atoms with Crippen molar-refractivity contribution in [2.75, 3.05) is 0 Å². The Morgan fingerprint density at radius 2 is 1.85 bits per heavy atom. The minimum Gasteiger partial charge on any atom is -0.507 e. The highest BCUT2D eigenvalue weighted by Gasteiger charge is 2.22. The van der Waals surface area contributed by atoms with E-state index in [1.165, 1.54) is 17.2 Å². The van der Waals surface area contributed by atoms with Gasteiger partial charge in [0.05, 0.1) is 11.6 Å². The number of nitrogens with one attached hydrogen (secondary N) is 1. The molecule has 1 amide bonds. The fraction of sp³-hybridized carbons (Fsp3) is 0.235. The van der Waals surface area contributed by atoms with Crippen molar-refractivity contribution in [1.82, 2.24) is 5.32 Å². The van der Waals surface area contributed by atoms with Crippen LogP contribution in [0.2, 0.25) is 0 Å². The summed E-state index contributed by atoms with van der Waals surface area (Å²) >= 11 is 0. The SMILES string of the molecule is O=C(N[C@@H]1CCCc2ccccc21)c1ccccc1O. The molecule has 3 rings (SSSR count). The van der Waals surface area contributed by atoms with Gasteiger partial charge in [-0.05, 0) is 42.5 Å². The number of phenolic OH excluding ortho intramolecular Hbond substituents is 1. The lowest BCUT2D eigenvalue weighted by atomic mass is 9.87. The molecular weight excluding hydrogens is 250 g/mol. The summed E-state index contributed by atoms with van der Waals surface area (Å²) in [6.07, 6.45) is 3.08. The van der Waals surface area contributed by atoms with Crippen molar-refractivity contribution < 1.29 is 9.90 Å². The van der Waals surface area contributed by atoms with Crippen LogP contribution in [0.5, 0.6) is 5.75 Å². The second-order valence-corrected chi connectivity index (χ2v) is 5.13. The lowest BCUT2D eigenvalue weighted by Crippen LogP contribution is -2.31. The molecule has 0 radical (unpaired) electrons. The van der Waals surface area contributed by atoms with Crippen molar-refractivity contribution >= 4 is 5.91 Å². The van der Waals surface area contributed by atoms with Crippen molar-refractivity contribution in [2.45, 2.75) is 25.3 Å². The number of fused-ring (bicyclic) bond motifs is 1. The number of carbonyl (C=O) groups is 1. The maximum atomic E-state index is 12.3. The number of hydrogen-bond acceptors (Lipinski definition) is 2. The molecule has 0 heterocycles. The van der Waals surface area contributed by atoms with E-state index in [-0.39, 0.29) is 17.7 Å². The second-order valence-electron chi connectivity index (χ2n) is 5.13. The zero-order valence-electron chi connectivity index (χ0n) is 11.2. The third-order valence-electron chi connectivity index (χ3n) is 3.82. The van der Waals surface area contributed by atoms with Gasteiger partial charge in [-0.15, -0.1) is 0 Å². The number of aromatic hydroxyl groups is 1. The van der Waals surface area contributed by atoms with Gasteiger partial charge < -0.3 is 10.4 Å². The first-order chi connectivity index (χ1) is 9.75. The van der Waals surface area contributed by atoms with E-state index in [0.29, 0.717) is 5.56 Å². The lowest BCUT2D eigenvalue weighted by molar-refractivity contribution is 0.0930. The van der Waals surface area contributed by atoms with E-state index in [4.69, 9.17) is 0 Å². The highest BCUT2D eigenvalue weighted by Crippen LogP contribution is 2.30. The molecular formula is C17H17NO2. The van der Waals surface area contributed by atoms with Crippen LogP contribution in [0.25, 0.3) is 0 Å². The van der Waals surface area contributed by atoms with Gasteiger partial charge in [0, 0.05) is 0 Å². The fourth-order valence-electron chi connectivity index (χ4n) is 2.81. The lowest BCUT2D eigenvalue weighted by Gasteiger charge is -2.26. The summed E-state index contributed by atoms with van der Waals surface area (Å²) in [4.78, 5) is 12.3. The molecule has 1 atom stereocenters. The molecule has 0 fully saturated rings. The van der Waals surface area contributed by atoms with Gasteiger partial charge in [-0.25, -0.2) is 0 Å². The van der Waals surface area contributed by atoms with Crippen molar-refractivity contribution in [1.29, 1.82) is 0 Å². The number of benzene rings is 2. The monoisotopic (exact) mass is 267 g/mol. The summed E-state index contributed by atoms with van der Waals surface area (Å²) in [5.41, 5.74) is 2.83. The predicted molar refractivity (Wildman–Crippen MR) is 77.7 cm³/mol. The molecule has 102 valence electrons. The summed E-state index contributed by atoms with van der Waals surface area (Å²) in [6, 6.07) is 14.9. The zero-order chi connectivity index (χ0) is 13.9. The molecule has 1 aliphatic carbocycles. The minimum absolute atomic E-state index is 0.0223. The molecule has 0 unspecified atom stereocenters. The number of aryl methyl sites for hydroxylation is 1. The Balaban J connectivity index is 1.83. The van der Waals surface area contributed by atoms with Gasteiger partial charge in [0.1, 0.15) is 5.75 Å². The van der Waals surface area contributed by atoms with E-state index >= 15 is 0 Å². The van der Waals surface area contributed by atoms with Crippen LogP contribution >= 0.6 is 0 Å². The molecule has 0 aliphatic heterocycles. The Kier molecular flexibility index (Phi) is 3.42. The molecule has 0 bridgehead atoms. The van der Waals surface area contributed by atoms with Crippen LogP contribution in [-0.2, 0) is 6.42 Å². The largest absolute Gasteiger partial charge is 0.507 e. The van der Waals surface area contributed by atoms with E-state index in [2.05, 4.69) is 17.4 Å². The van der Waals surface area contributed by atoms with E-state index in [9.17, 15) is 9.90 Å². The molecule has 2 N–H and O–H groups in total. The number of para-hydroxylation sites is 1. The van der Waals surface area contributed by atoms with Gasteiger partial charge in [-0.1, -0.05) is 36.4 Å². The molecule has 20 heavy (non-hydrogen) atoms. The van der Waals surface area contributed by atoms with Crippen LogP contribution in [0.3, 0.4) is 0 Å². The summed E-state index contributed by atoms with van der Waals surface area (Å²) < 4.78 is 0. The van der Waals surface area contributed by atoms with Crippen LogP contribution in [0, 0.1) is 0 Å². The zero-order valence-corrected chi connectivity index (χ0v) is 11.2. The topological polar surface area (TPSA) is 49.3 Å². The van der Waals surface area contributed by atoms with E-state index in [1.54, 1.807) is 18.2 Å². The Morgan fingerprint density at radius 3 is 2.70 bits per heavy atom.